The van der Waals surface area contributed by atoms with Crippen LogP contribution in [0.1, 0.15) is 0 Å². The Labute approximate surface area is 744 Å². The molecule has 3 heterocycles. The summed E-state index contributed by atoms with van der Waals surface area (Å²) < 4.78 is 18.6. The quantitative estimate of drug-likeness (QED) is 0.135. The van der Waals surface area contributed by atoms with Gasteiger partial charge in [0.25, 0.3) is 0 Å². The molecular formula is C126H78O3. The highest BCUT2D eigenvalue weighted by molar-refractivity contribution is 6.28. The minimum Gasteiger partial charge on any atom is -0.456 e. The lowest BCUT2D eigenvalue weighted by Gasteiger charge is -2.19. The highest BCUT2D eigenvalue weighted by Gasteiger charge is 2.25. The highest BCUT2D eigenvalue weighted by Crippen LogP contribution is 2.52. The van der Waals surface area contributed by atoms with Crippen LogP contribution in [0.25, 0.3) is 263 Å². The van der Waals surface area contributed by atoms with E-state index in [4.69, 9.17) is 13.3 Å². The van der Waals surface area contributed by atoms with Crippen LogP contribution in [0.3, 0.4) is 0 Å². The van der Waals surface area contributed by atoms with Gasteiger partial charge in [-0.3, -0.25) is 0 Å². The average Bonchev–Trinajstić information content (AvgIpc) is 1.71. The number of benzene rings is 24. The van der Waals surface area contributed by atoms with Gasteiger partial charge in [-0.2, -0.15) is 0 Å². The molecule has 0 bridgehead atoms. The summed E-state index contributed by atoms with van der Waals surface area (Å²) in [5.41, 5.74) is 27.8. The first-order valence-corrected chi connectivity index (χ1v) is 44.3. The van der Waals surface area contributed by atoms with E-state index < -0.39 is 0 Å². The molecule has 0 spiro atoms. The molecule has 600 valence electrons. The van der Waals surface area contributed by atoms with Gasteiger partial charge in [-0.15, -0.1) is 0 Å². The molecule has 27 aromatic rings. The van der Waals surface area contributed by atoms with Crippen LogP contribution >= 0.6 is 0 Å². The molecule has 3 nitrogen and oxygen atoms in total. The van der Waals surface area contributed by atoms with Crippen molar-refractivity contribution >= 4 is 163 Å². The fraction of sp³-hybridized carbons (Fsp3) is 0. The van der Waals surface area contributed by atoms with Gasteiger partial charge < -0.3 is 13.3 Å². The van der Waals surface area contributed by atoms with Crippen molar-refractivity contribution < 1.29 is 13.3 Å². The Morgan fingerprint density at radius 1 is 0.109 bits per heavy atom. The van der Waals surface area contributed by atoms with Gasteiger partial charge in [0.2, 0.25) is 0 Å². The van der Waals surface area contributed by atoms with Crippen molar-refractivity contribution in [1.82, 2.24) is 0 Å². The maximum absolute atomic E-state index is 6.24. The first-order chi connectivity index (χ1) is 64.0. The summed E-state index contributed by atoms with van der Waals surface area (Å²) in [7, 11) is 0. The molecule has 0 amide bonds. The van der Waals surface area contributed by atoms with Gasteiger partial charge in [0.05, 0.1) is 0 Å². The molecule has 0 fully saturated rings. The topological polar surface area (TPSA) is 39.4 Å². The molecule has 0 aliphatic carbocycles. The van der Waals surface area contributed by atoms with E-state index in [-0.39, 0.29) is 0 Å². The fourth-order valence-corrected chi connectivity index (χ4v) is 20.8. The Kier molecular flexibility index (Phi) is 18.0. The number of fused-ring (bicyclic) bond motifs is 18. The van der Waals surface area contributed by atoms with Crippen molar-refractivity contribution in [3.63, 3.8) is 0 Å². The first kappa shape index (κ1) is 74.6. The smallest absolute Gasteiger partial charge is 0.136 e. The molecule has 0 aliphatic rings. The Hall–Kier alpha value is -17.0. The van der Waals surface area contributed by atoms with E-state index in [1.165, 1.54) is 192 Å². The van der Waals surface area contributed by atoms with Gasteiger partial charge in [0.1, 0.15) is 33.5 Å². The molecule has 0 saturated carbocycles. The largest absolute Gasteiger partial charge is 0.456 e. The predicted molar refractivity (Wildman–Crippen MR) is 548 cm³/mol. The minimum atomic E-state index is 0.917. The SMILES string of the molecule is c1ccc(-c2c3ccccc3c(-c3cccc4ccc(-c5ccc6c(c5)oc5ccccc56)cc34)c3ccccc23)cc1.c1ccc(-c2c3ccccc3c(-c3cccc4ccc(-c5ccc6oc7ccccc7c6c5)cc34)c3ccccc23)cc1.c1ccc(-c2c3ccccc3c(-c3cccc4ccc(-c5cccc6oc7ccccc7c56)cc34)c3ccccc23)cc1. The van der Waals surface area contributed by atoms with E-state index >= 15 is 0 Å². The second-order valence-corrected chi connectivity index (χ2v) is 33.7. The van der Waals surface area contributed by atoms with E-state index in [1.807, 2.05) is 36.4 Å². The summed E-state index contributed by atoms with van der Waals surface area (Å²) in [5.74, 6) is 0. The van der Waals surface area contributed by atoms with Crippen molar-refractivity contribution in [3.05, 3.63) is 473 Å². The second kappa shape index (κ2) is 31.1. The average molecular weight is 1640 g/mol. The van der Waals surface area contributed by atoms with Crippen LogP contribution in [-0.2, 0) is 0 Å². The molecule has 3 aromatic heterocycles. The van der Waals surface area contributed by atoms with Gasteiger partial charge in [0.15, 0.2) is 0 Å². The van der Waals surface area contributed by atoms with E-state index in [0.717, 1.165) is 71.4 Å². The maximum atomic E-state index is 6.24. The molecule has 129 heavy (non-hydrogen) atoms. The third kappa shape index (κ3) is 12.6. The zero-order valence-corrected chi connectivity index (χ0v) is 70.3. The molecular weight excluding hydrogens is 1560 g/mol. The Bertz CT molecular complexity index is 9010. The summed E-state index contributed by atoms with van der Waals surface area (Å²) in [6.07, 6.45) is 0. The molecule has 0 atom stereocenters. The zero-order chi connectivity index (χ0) is 85.0. The van der Waals surface area contributed by atoms with Crippen LogP contribution in [0.5, 0.6) is 0 Å². The third-order valence-electron chi connectivity index (χ3n) is 26.6. The van der Waals surface area contributed by atoms with Crippen LogP contribution in [0.2, 0.25) is 0 Å². The van der Waals surface area contributed by atoms with Crippen LogP contribution in [0.4, 0.5) is 0 Å². The number of hydrogen-bond donors (Lipinski definition) is 0. The highest BCUT2D eigenvalue weighted by atomic mass is 16.3. The van der Waals surface area contributed by atoms with Gasteiger partial charge in [-0.05, 0) is 264 Å². The summed E-state index contributed by atoms with van der Waals surface area (Å²) in [5, 5.41) is 29.6. The van der Waals surface area contributed by atoms with E-state index in [1.54, 1.807) is 0 Å². The van der Waals surface area contributed by atoms with E-state index in [9.17, 15) is 0 Å². The van der Waals surface area contributed by atoms with Gasteiger partial charge in [-0.1, -0.05) is 406 Å². The monoisotopic (exact) mass is 1640 g/mol. The number of para-hydroxylation sites is 3. The lowest BCUT2D eigenvalue weighted by Crippen LogP contribution is -1.91. The molecule has 0 aliphatic heterocycles. The van der Waals surface area contributed by atoms with E-state index in [0.29, 0.717) is 0 Å². The molecule has 0 saturated heterocycles. The van der Waals surface area contributed by atoms with E-state index in [2.05, 4.69) is 437 Å². The van der Waals surface area contributed by atoms with Crippen molar-refractivity contribution in [2.24, 2.45) is 0 Å². The molecule has 3 heteroatoms. The lowest BCUT2D eigenvalue weighted by molar-refractivity contribution is 0.668. The Balaban J connectivity index is 0.000000105. The normalized spacial score (nSPS) is 11.7. The summed E-state index contributed by atoms with van der Waals surface area (Å²) >= 11 is 0. The van der Waals surface area contributed by atoms with Crippen LogP contribution < -0.4 is 0 Å². The van der Waals surface area contributed by atoms with Gasteiger partial charge >= 0.3 is 0 Å². The molecule has 0 N–H and O–H groups in total. The molecule has 0 radical (unpaired) electrons. The maximum Gasteiger partial charge on any atom is 0.136 e. The van der Waals surface area contributed by atoms with Gasteiger partial charge in [-0.25, -0.2) is 0 Å². The second-order valence-electron chi connectivity index (χ2n) is 33.7. The summed E-state index contributed by atoms with van der Waals surface area (Å²) in [6, 6.07) is 171. The molecule has 24 aromatic carbocycles. The van der Waals surface area contributed by atoms with Crippen LogP contribution in [0, 0.1) is 0 Å². The van der Waals surface area contributed by atoms with Crippen molar-refractivity contribution in [2.45, 2.75) is 0 Å². The van der Waals surface area contributed by atoms with Crippen molar-refractivity contribution in [2.75, 3.05) is 0 Å². The number of hydrogen-bond acceptors (Lipinski definition) is 3. The molecule has 27 rings (SSSR count). The first-order valence-electron chi connectivity index (χ1n) is 44.3. The minimum absolute atomic E-state index is 0.917. The zero-order valence-electron chi connectivity index (χ0n) is 70.3. The summed E-state index contributed by atoms with van der Waals surface area (Å²) in [6.45, 7) is 0. The van der Waals surface area contributed by atoms with Crippen LogP contribution in [0.15, 0.2) is 486 Å². The third-order valence-corrected chi connectivity index (χ3v) is 26.6. The van der Waals surface area contributed by atoms with Crippen LogP contribution in [-0.4, -0.2) is 0 Å². The Morgan fingerprint density at radius 2 is 0.357 bits per heavy atom. The lowest BCUT2D eigenvalue weighted by atomic mass is 9.84. The number of rotatable bonds is 9. The van der Waals surface area contributed by atoms with Crippen molar-refractivity contribution in [1.29, 1.82) is 0 Å². The van der Waals surface area contributed by atoms with Crippen molar-refractivity contribution in [3.8, 4) is 100 Å². The van der Waals surface area contributed by atoms with Gasteiger partial charge in [0, 0.05) is 32.3 Å². The number of furan rings is 3. The fourth-order valence-electron chi connectivity index (χ4n) is 20.8. The standard InChI is InChI=1S/3C42H26O/c1-2-12-28(13-3-1)40-31-15-4-6-17-33(31)41(34-18-7-5-16-32(34)40)35-21-10-14-27-24-25-29(26-37(27)35)30-20-11-23-39-42(30)36-19-8-9-22-38(36)43-39;1-2-11-28(12-3-1)41-33-15-4-6-17-35(33)42(36-18-7-5-16-34(36)41)37-19-10-13-27-21-22-29(25-38(27)37)30-23-24-32-31-14-8-9-20-39(31)43-40(32)26-30;1-2-11-28(12-3-1)41-32-15-4-6-17-34(32)42(35-18-7-5-16-33(35)41)36-19-10-13-27-21-22-29(25-37(27)36)30-23-24-40-38(26-30)31-14-8-9-20-39(31)43-40/h3*1-26H. The Morgan fingerprint density at radius 3 is 0.760 bits per heavy atom. The summed E-state index contributed by atoms with van der Waals surface area (Å²) in [4.78, 5) is 0. The molecule has 0 unspecified atom stereocenters. The predicted octanol–water partition coefficient (Wildman–Crippen LogP) is 36.1.